The molecule has 0 saturated carbocycles. The van der Waals surface area contributed by atoms with Crippen LogP contribution in [0.3, 0.4) is 0 Å². The van der Waals surface area contributed by atoms with Gasteiger partial charge in [-0.05, 0) is 28.4 Å². The van der Waals surface area contributed by atoms with E-state index >= 15 is 0 Å². The molecule has 0 spiro atoms. The first-order valence-electron chi connectivity index (χ1n) is 6.26. The van der Waals surface area contributed by atoms with Crippen molar-refractivity contribution in [3.63, 3.8) is 0 Å². The smallest absolute Gasteiger partial charge is 0.170 e. The number of nitrogens with one attached hydrogen (secondary N) is 1. The molecule has 3 N–H and O–H groups in total. The summed E-state index contributed by atoms with van der Waals surface area (Å²) in [6.45, 7) is 6.05. The molecule has 0 aliphatic rings. The summed E-state index contributed by atoms with van der Waals surface area (Å²) < 4.78 is 0.662. The third-order valence-electron chi connectivity index (χ3n) is 2.42. The largest absolute Gasteiger partial charge is 0.381 e. The van der Waals surface area contributed by atoms with Crippen molar-refractivity contribution in [3.8, 4) is 0 Å². The van der Waals surface area contributed by atoms with Gasteiger partial charge < -0.3 is 11.1 Å². The zero-order chi connectivity index (χ0) is 14.3. The monoisotopic (exact) mass is 322 g/mol. The molecule has 0 bridgehead atoms. The quantitative estimate of drug-likeness (QED) is 0.895. The molecule has 0 radical (unpaired) electrons. The van der Waals surface area contributed by atoms with Gasteiger partial charge in [-0.1, -0.05) is 44.2 Å². The van der Waals surface area contributed by atoms with Crippen molar-refractivity contribution in [2.45, 2.75) is 26.8 Å². The molecule has 102 valence electrons. The molecule has 19 heavy (non-hydrogen) atoms. The molecule has 4 nitrogen and oxygen atoms in total. The summed E-state index contributed by atoms with van der Waals surface area (Å²) in [6.07, 6.45) is 1.58. The maximum atomic E-state index is 5.76. The minimum absolute atomic E-state index is 0.127. The van der Waals surface area contributed by atoms with Crippen molar-refractivity contribution in [1.82, 2.24) is 9.97 Å². The number of nitrogens with zero attached hydrogens (tertiary/aromatic N) is 2. The molecule has 0 aliphatic carbocycles. The molecule has 1 atom stereocenters. The van der Waals surface area contributed by atoms with E-state index in [1.807, 2.05) is 32.0 Å². The summed E-state index contributed by atoms with van der Waals surface area (Å²) in [4.78, 5) is 8.29. The van der Waals surface area contributed by atoms with Crippen molar-refractivity contribution in [2.75, 3.05) is 11.1 Å². The number of nitrogen functional groups attached to an aromatic ring is 1. The van der Waals surface area contributed by atoms with Crippen LogP contribution in [0, 0.1) is 0 Å². The van der Waals surface area contributed by atoms with Gasteiger partial charge >= 0.3 is 0 Å². The molecular formula is C14H19BrN4. The third-order valence-corrected chi connectivity index (χ3v) is 2.81. The second kappa shape index (κ2) is 7.74. The minimum Gasteiger partial charge on any atom is -0.381 e. The number of hydrogen-bond acceptors (Lipinski definition) is 4. The van der Waals surface area contributed by atoms with Gasteiger partial charge in [0.1, 0.15) is 4.60 Å². The van der Waals surface area contributed by atoms with E-state index in [0.717, 1.165) is 0 Å². The Hall–Kier alpha value is -1.62. The van der Waals surface area contributed by atoms with Crippen LogP contribution in [0.4, 0.5) is 11.6 Å². The predicted molar refractivity (Wildman–Crippen MR) is 84.0 cm³/mol. The summed E-state index contributed by atoms with van der Waals surface area (Å²) in [5, 5.41) is 3.24. The average molecular weight is 323 g/mol. The maximum Gasteiger partial charge on any atom is 0.170 e. The normalized spacial score (nSPS) is 11.2. The molecule has 0 amide bonds. The van der Waals surface area contributed by atoms with Crippen LogP contribution in [0.15, 0.2) is 41.1 Å². The Kier molecular flexibility index (Phi) is 6.29. The Bertz CT molecular complexity index is 502. The van der Waals surface area contributed by atoms with E-state index in [2.05, 4.69) is 50.3 Å². The lowest BCUT2D eigenvalue weighted by atomic mass is 10.1. The summed E-state index contributed by atoms with van der Waals surface area (Å²) in [5.74, 6) is 0.992. The zero-order valence-electron chi connectivity index (χ0n) is 11.4. The Labute approximate surface area is 122 Å². The van der Waals surface area contributed by atoms with Crippen molar-refractivity contribution in [2.24, 2.45) is 0 Å². The highest BCUT2D eigenvalue weighted by atomic mass is 79.9. The lowest BCUT2D eigenvalue weighted by Gasteiger charge is -2.15. The van der Waals surface area contributed by atoms with Crippen LogP contribution in [0.25, 0.3) is 0 Å². The molecule has 1 aromatic heterocycles. The molecule has 1 aromatic carbocycles. The van der Waals surface area contributed by atoms with Gasteiger partial charge in [0.15, 0.2) is 11.6 Å². The molecule has 0 aliphatic heterocycles. The van der Waals surface area contributed by atoms with Gasteiger partial charge in [-0.2, -0.15) is 0 Å². The number of anilines is 2. The van der Waals surface area contributed by atoms with Crippen LogP contribution < -0.4 is 11.1 Å². The second-order valence-electron chi connectivity index (χ2n) is 3.70. The summed E-state index contributed by atoms with van der Waals surface area (Å²) in [5.41, 5.74) is 6.93. The fourth-order valence-electron chi connectivity index (χ4n) is 1.51. The fourth-order valence-corrected chi connectivity index (χ4v) is 1.79. The van der Waals surface area contributed by atoms with E-state index in [-0.39, 0.29) is 6.04 Å². The molecule has 0 saturated heterocycles. The summed E-state index contributed by atoms with van der Waals surface area (Å²) in [7, 11) is 0. The first kappa shape index (κ1) is 15.4. The Balaban J connectivity index is 0.000000861. The molecule has 0 fully saturated rings. The highest BCUT2D eigenvalue weighted by Gasteiger charge is 2.09. The van der Waals surface area contributed by atoms with Crippen LogP contribution >= 0.6 is 15.9 Å². The van der Waals surface area contributed by atoms with E-state index in [4.69, 9.17) is 5.73 Å². The highest BCUT2D eigenvalue weighted by molar-refractivity contribution is 9.10. The predicted octanol–water partition coefficient (Wildman–Crippen LogP) is 4.02. The highest BCUT2D eigenvalue weighted by Crippen LogP contribution is 2.22. The zero-order valence-corrected chi connectivity index (χ0v) is 13.0. The van der Waals surface area contributed by atoms with Crippen LogP contribution in [-0.4, -0.2) is 9.97 Å². The van der Waals surface area contributed by atoms with Crippen LogP contribution in [0.2, 0.25) is 0 Å². The molecule has 2 aromatic rings. The van der Waals surface area contributed by atoms with Crippen molar-refractivity contribution >= 4 is 27.6 Å². The Morgan fingerprint density at radius 2 is 1.84 bits per heavy atom. The number of rotatable bonds is 3. The second-order valence-corrected chi connectivity index (χ2v) is 4.52. The minimum atomic E-state index is 0.127. The number of nitrogens with two attached hydrogens (primary N) is 1. The van der Waals surface area contributed by atoms with Gasteiger partial charge in [0, 0.05) is 0 Å². The van der Waals surface area contributed by atoms with E-state index in [0.29, 0.717) is 16.2 Å². The molecule has 5 heteroatoms. The van der Waals surface area contributed by atoms with E-state index in [9.17, 15) is 0 Å². The SMILES string of the molecule is CC.C[C@H](Nc1nc(Br)cnc1N)c1ccccc1. The Morgan fingerprint density at radius 3 is 2.47 bits per heavy atom. The Morgan fingerprint density at radius 1 is 1.21 bits per heavy atom. The van der Waals surface area contributed by atoms with Gasteiger partial charge in [-0.15, -0.1) is 0 Å². The van der Waals surface area contributed by atoms with Crippen LogP contribution in [0.5, 0.6) is 0 Å². The number of halogens is 1. The summed E-state index contributed by atoms with van der Waals surface area (Å²) in [6, 6.07) is 10.2. The van der Waals surface area contributed by atoms with E-state index in [1.165, 1.54) is 5.56 Å². The van der Waals surface area contributed by atoms with E-state index < -0.39 is 0 Å². The lowest BCUT2D eigenvalue weighted by Crippen LogP contribution is -2.10. The molecule has 2 rings (SSSR count). The van der Waals surface area contributed by atoms with Crippen LogP contribution in [0.1, 0.15) is 32.4 Å². The molecular weight excluding hydrogens is 304 g/mol. The maximum absolute atomic E-state index is 5.76. The number of aromatic nitrogens is 2. The van der Waals surface area contributed by atoms with Crippen LogP contribution in [-0.2, 0) is 0 Å². The standard InChI is InChI=1S/C12H13BrN4.C2H6/c1-8(9-5-3-2-4-6-9)16-12-11(14)15-7-10(13)17-12;1-2/h2-8H,1H3,(H2,14,15)(H,16,17);1-2H3/t8-;/m0./s1. The van der Waals surface area contributed by atoms with Crippen molar-refractivity contribution in [3.05, 3.63) is 46.7 Å². The van der Waals surface area contributed by atoms with Gasteiger partial charge in [0.05, 0.1) is 12.2 Å². The van der Waals surface area contributed by atoms with E-state index in [1.54, 1.807) is 6.20 Å². The van der Waals surface area contributed by atoms with Gasteiger partial charge in [-0.3, -0.25) is 0 Å². The first-order valence-corrected chi connectivity index (χ1v) is 7.05. The topological polar surface area (TPSA) is 63.8 Å². The van der Waals surface area contributed by atoms with Crippen molar-refractivity contribution < 1.29 is 0 Å². The molecule has 0 unspecified atom stereocenters. The number of benzene rings is 1. The number of hydrogen-bond donors (Lipinski definition) is 2. The third kappa shape index (κ3) is 4.52. The summed E-state index contributed by atoms with van der Waals surface area (Å²) >= 11 is 3.27. The lowest BCUT2D eigenvalue weighted by molar-refractivity contribution is 0.871. The van der Waals surface area contributed by atoms with Gasteiger partial charge in [-0.25, -0.2) is 9.97 Å². The first-order chi connectivity index (χ1) is 9.16. The van der Waals surface area contributed by atoms with Gasteiger partial charge in [0.2, 0.25) is 0 Å². The average Bonchev–Trinajstić information content (AvgIpc) is 2.46. The molecule has 1 heterocycles. The van der Waals surface area contributed by atoms with Crippen molar-refractivity contribution in [1.29, 1.82) is 0 Å². The van der Waals surface area contributed by atoms with Gasteiger partial charge in [0.25, 0.3) is 0 Å². The fraction of sp³-hybridized carbons (Fsp3) is 0.286.